The fraction of sp³-hybridized carbons (Fsp3) is 0.200. The van der Waals surface area contributed by atoms with Crippen LogP contribution in [0.3, 0.4) is 0 Å². The minimum absolute atomic E-state index is 0.127. The molecule has 74 valence electrons. The molecule has 2 aromatic rings. The van der Waals surface area contributed by atoms with E-state index in [0.29, 0.717) is 0 Å². The fourth-order valence-corrected chi connectivity index (χ4v) is 2.87. The minimum Gasteiger partial charge on any atom is -0.204 e. The number of fused-ring (bicyclic) bond motifs is 1. The minimum atomic E-state index is -2.38. The van der Waals surface area contributed by atoms with Gasteiger partial charge in [0, 0.05) is 9.60 Å². The second-order valence-corrected chi connectivity index (χ2v) is 4.76. The lowest BCUT2D eigenvalue weighted by Crippen LogP contribution is -1.74. The summed E-state index contributed by atoms with van der Waals surface area (Å²) in [6, 6.07) is 5.27. The van der Waals surface area contributed by atoms with Gasteiger partial charge in [-0.15, -0.1) is 24.0 Å². The van der Waals surface area contributed by atoms with Crippen molar-refractivity contribution >= 4 is 34.1 Å². The first-order chi connectivity index (χ1) is 6.58. The highest BCUT2D eigenvalue weighted by molar-refractivity contribution is 7.80. The molecule has 0 unspecified atom stereocenters. The Bertz CT molecular complexity index is 474. The van der Waals surface area contributed by atoms with Gasteiger partial charge in [0.2, 0.25) is 0 Å². The van der Waals surface area contributed by atoms with Crippen LogP contribution < -0.4 is 0 Å². The molecule has 4 heteroatoms. The Morgan fingerprint density at radius 2 is 2.00 bits per heavy atom. The zero-order chi connectivity index (χ0) is 10.3. The fourth-order valence-electron chi connectivity index (χ4n) is 1.42. The third-order valence-electron chi connectivity index (χ3n) is 2.06. The molecule has 14 heavy (non-hydrogen) atoms. The van der Waals surface area contributed by atoms with Crippen LogP contribution in [0.1, 0.15) is 16.9 Å². The lowest BCUT2D eigenvalue weighted by atomic mass is 10.1. The lowest BCUT2D eigenvalue weighted by Gasteiger charge is -1.96. The first-order valence-electron chi connectivity index (χ1n) is 4.09. The summed E-state index contributed by atoms with van der Waals surface area (Å²) in [5.74, 6) is 0. The summed E-state index contributed by atoms with van der Waals surface area (Å²) >= 11 is 5.35. The van der Waals surface area contributed by atoms with Gasteiger partial charge >= 0.3 is 0 Å². The average Bonchev–Trinajstić information content (AvgIpc) is 2.47. The number of hydrogen-bond acceptors (Lipinski definition) is 2. The highest BCUT2D eigenvalue weighted by Gasteiger charge is 2.12. The van der Waals surface area contributed by atoms with Crippen molar-refractivity contribution in [2.75, 3.05) is 0 Å². The van der Waals surface area contributed by atoms with Gasteiger partial charge in [0.25, 0.3) is 6.43 Å². The smallest absolute Gasteiger partial charge is 0.204 e. The highest BCUT2D eigenvalue weighted by atomic mass is 32.1. The lowest BCUT2D eigenvalue weighted by molar-refractivity contribution is 0.156. The van der Waals surface area contributed by atoms with Crippen molar-refractivity contribution in [2.45, 2.75) is 18.2 Å². The number of rotatable bonds is 1. The summed E-state index contributed by atoms with van der Waals surface area (Å²) in [6.07, 6.45) is -2.38. The molecule has 0 fully saturated rings. The van der Waals surface area contributed by atoms with Crippen molar-refractivity contribution < 1.29 is 8.78 Å². The number of benzene rings is 1. The molecular weight excluding hydrogens is 222 g/mol. The number of aryl methyl sites for hydroxylation is 1. The van der Waals surface area contributed by atoms with Crippen LogP contribution in [0.4, 0.5) is 8.78 Å². The SMILES string of the molecule is Cc1cc(S)cc2sc(C(F)F)cc12. The van der Waals surface area contributed by atoms with Crippen LogP contribution in [-0.4, -0.2) is 0 Å². The van der Waals surface area contributed by atoms with Gasteiger partial charge in [-0.1, -0.05) is 0 Å². The molecule has 0 saturated heterocycles. The quantitative estimate of drug-likeness (QED) is 0.688. The Morgan fingerprint density at radius 3 is 2.64 bits per heavy atom. The van der Waals surface area contributed by atoms with Crippen LogP contribution in [0.5, 0.6) is 0 Å². The Balaban J connectivity index is 2.70. The summed E-state index contributed by atoms with van der Waals surface area (Å²) < 4.78 is 25.7. The van der Waals surface area contributed by atoms with Gasteiger partial charge in [-0.25, -0.2) is 8.78 Å². The van der Waals surface area contributed by atoms with Gasteiger partial charge in [-0.3, -0.25) is 0 Å². The summed E-state index contributed by atoms with van der Waals surface area (Å²) in [7, 11) is 0. The second kappa shape index (κ2) is 3.51. The van der Waals surface area contributed by atoms with E-state index in [1.165, 1.54) is 0 Å². The predicted octanol–water partition coefficient (Wildman–Crippen LogP) is 4.44. The monoisotopic (exact) mass is 230 g/mol. The van der Waals surface area contributed by atoms with E-state index in [0.717, 1.165) is 31.9 Å². The molecule has 0 aliphatic carbocycles. The van der Waals surface area contributed by atoms with E-state index in [4.69, 9.17) is 0 Å². The van der Waals surface area contributed by atoms with Crippen molar-refractivity contribution in [1.82, 2.24) is 0 Å². The van der Waals surface area contributed by atoms with Gasteiger partial charge in [0.05, 0.1) is 4.88 Å². The molecule has 1 heterocycles. The first-order valence-corrected chi connectivity index (χ1v) is 5.35. The van der Waals surface area contributed by atoms with Gasteiger partial charge in [0.1, 0.15) is 0 Å². The maximum atomic E-state index is 12.4. The third-order valence-corrected chi connectivity index (χ3v) is 3.41. The standard InChI is InChI=1S/C10H8F2S2/c1-5-2-6(13)3-8-7(5)4-9(14-8)10(11)12/h2-4,10,13H,1H3. The molecule has 0 radical (unpaired) electrons. The molecule has 2 rings (SSSR count). The summed E-state index contributed by atoms with van der Waals surface area (Å²) in [5, 5.41) is 0.906. The summed E-state index contributed by atoms with van der Waals surface area (Å²) in [5.41, 5.74) is 0.996. The van der Waals surface area contributed by atoms with E-state index in [9.17, 15) is 8.78 Å². The van der Waals surface area contributed by atoms with Crippen LogP contribution in [0.25, 0.3) is 10.1 Å². The van der Waals surface area contributed by atoms with E-state index in [-0.39, 0.29) is 4.88 Å². The van der Waals surface area contributed by atoms with Crippen molar-refractivity contribution in [3.8, 4) is 0 Å². The van der Waals surface area contributed by atoms with E-state index >= 15 is 0 Å². The number of alkyl halides is 2. The molecule has 0 nitrogen and oxygen atoms in total. The molecule has 0 saturated carbocycles. The van der Waals surface area contributed by atoms with Crippen LogP contribution >= 0.6 is 24.0 Å². The molecular formula is C10H8F2S2. The Kier molecular flexibility index (Phi) is 2.49. The molecule has 0 atom stereocenters. The molecule has 1 aromatic heterocycles. The Labute approximate surface area is 90.0 Å². The van der Waals surface area contributed by atoms with Crippen LogP contribution in [0.2, 0.25) is 0 Å². The van der Waals surface area contributed by atoms with E-state index < -0.39 is 6.43 Å². The van der Waals surface area contributed by atoms with Gasteiger partial charge < -0.3 is 0 Å². The van der Waals surface area contributed by atoms with E-state index in [1.54, 1.807) is 6.07 Å². The van der Waals surface area contributed by atoms with Crippen LogP contribution in [0.15, 0.2) is 23.1 Å². The predicted molar refractivity (Wildman–Crippen MR) is 58.8 cm³/mol. The molecule has 1 aromatic carbocycles. The number of thiophene rings is 1. The zero-order valence-corrected chi connectivity index (χ0v) is 9.13. The highest BCUT2D eigenvalue weighted by Crippen LogP contribution is 2.35. The third kappa shape index (κ3) is 1.64. The van der Waals surface area contributed by atoms with Crippen molar-refractivity contribution in [3.63, 3.8) is 0 Å². The Hall–Kier alpha value is -0.610. The van der Waals surface area contributed by atoms with Gasteiger partial charge in [-0.2, -0.15) is 0 Å². The summed E-state index contributed by atoms with van der Waals surface area (Å²) in [4.78, 5) is 0.944. The number of halogens is 2. The normalized spacial score (nSPS) is 11.5. The van der Waals surface area contributed by atoms with Gasteiger partial charge in [-0.05, 0) is 36.1 Å². The molecule has 0 spiro atoms. The molecule has 0 N–H and O–H groups in total. The van der Waals surface area contributed by atoms with Crippen LogP contribution in [-0.2, 0) is 0 Å². The van der Waals surface area contributed by atoms with Crippen molar-refractivity contribution in [2.24, 2.45) is 0 Å². The molecule has 0 bridgehead atoms. The second-order valence-electron chi connectivity index (χ2n) is 3.12. The van der Waals surface area contributed by atoms with E-state index in [1.807, 2.05) is 19.1 Å². The first kappa shape index (κ1) is 9.93. The number of hydrogen-bond donors (Lipinski definition) is 1. The average molecular weight is 230 g/mol. The molecule has 0 amide bonds. The largest absolute Gasteiger partial charge is 0.272 e. The van der Waals surface area contributed by atoms with Crippen molar-refractivity contribution in [3.05, 3.63) is 28.6 Å². The zero-order valence-electron chi connectivity index (χ0n) is 7.42. The Morgan fingerprint density at radius 1 is 1.29 bits per heavy atom. The molecule has 0 aliphatic rings. The summed E-state index contributed by atoms with van der Waals surface area (Å²) in [6.45, 7) is 1.91. The maximum Gasteiger partial charge on any atom is 0.272 e. The number of thiol groups is 1. The molecule has 0 aliphatic heterocycles. The van der Waals surface area contributed by atoms with Crippen molar-refractivity contribution in [1.29, 1.82) is 0 Å². The maximum absolute atomic E-state index is 12.4. The van der Waals surface area contributed by atoms with E-state index in [2.05, 4.69) is 12.6 Å². The topological polar surface area (TPSA) is 0 Å². The van der Waals surface area contributed by atoms with Gasteiger partial charge in [0.15, 0.2) is 0 Å². The van der Waals surface area contributed by atoms with Crippen LogP contribution in [0, 0.1) is 6.92 Å².